The van der Waals surface area contributed by atoms with Crippen molar-refractivity contribution >= 4 is 17.2 Å². The summed E-state index contributed by atoms with van der Waals surface area (Å²) in [6.45, 7) is 5.60. The number of likely N-dealkylation sites (tertiary alicyclic amines) is 1. The fraction of sp³-hybridized carbons (Fsp3) is 0.474. The van der Waals surface area contributed by atoms with Gasteiger partial charge in [-0.1, -0.05) is 23.3 Å². The molecule has 2 aromatic rings. The molecule has 4 rings (SSSR count). The first-order valence-electron chi connectivity index (χ1n) is 8.76. The lowest BCUT2D eigenvalue weighted by Gasteiger charge is -2.42. The summed E-state index contributed by atoms with van der Waals surface area (Å²) in [5.74, 6) is 0. The molecule has 1 fully saturated rings. The molecular weight excluding hydrogens is 338 g/mol. The second-order valence-electron chi connectivity index (χ2n) is 7.09. The summed E-state index contributed by atoms with van der Waals surface area (Å²) in [4.78, 5) is 19.2. The summed E-state index contributed by atoms with van der Waals surface area (Å²) in [6.07, 6.45) is 6.95. The Labute approximate surface area is 151 Å². The van der Waals surface area contributed by atoms with E-state index in [1.54, 1.807) is 24.4 Å². The van der Waals surface area contributed by atoms with Crippen molar-refractivity contribution in [1.82, 2.24) is 14.3 Å². The molecule has 0 aliphatic carbocycles. The number of hydrogen-bond acceptors (Lipinski definition) is 4. The lowest BCUT2D eigenvalue weighted by Crippen LogP contribution is -2.46. The number of ether oxygens (including phenoxy) is 1. The largest absolute Gasteiger partial charge is 0.370 e. The third kappa shape index (κ3) is 3.50. The number of fused-ring (bicyclic) bond motifs is 1. The fourth-order valence-corrected chi connectivity index (χ4v) is 3.95. The highest BCUT2D eigenvalue weighted by Gasteiger charge is 2.35. The third-order valence-electron chi connectivity index (χ3n) is 5.16. The average molecular weight is 360 g/mol. The second kappa shape index (κ2) is 6.56. The predicted octanol–water partition coefficient (Wildman–Crippen LogP) is 3.05. The number of rotatable bonds is 2. The molecule has 0 unspecified atom stereocenters. The number of hydrogen-bond donors (Lipinski definition) is 0. The van der Waals surface area contributed by atoms with Crippen LogP contribution in [0.1, 0.15) is 31.9 Å². The van der Waals surface area contributed by atoms with Crippen molar-refractivity contribution < 1.29 is 4.74 Å². The smallest absolute Gasteiger partial charge is 0.258 e. The van der Waals surface area contributed by atoms with Crippen molar-refractivity contribution in [2.75, 3.05) is 19.7 Å². The van der Waals surface area contributed by atoms with E-state index in [0.29, 0.717) is 17.2 Å². The molecule has 132 valence electrons. The second-order valence-corrected chi connectivity index (χ2v) is 7.53. The van der Waals surface area contributed by atoms with Crippen molar-refractivity contribution in [3.8, 4) is 0 Å². The Balaban J connectivity index is 1.49. The van der Waals surface area contributed by atoms with Gasteiger partial charge in [0.1, 0.15) is 5.65 Å². The van der Waals surface area contributed by atoms with Crippen LogP contribution < -0.4 is 5.56 Å². The molecule has 2 aliphatic heterocycles. The summed E-state index contributed by atoms with van der Waals surface area (Å²) < 4.78 is 7.57. The molecule has 0 amide bonds. The van der Waals surface area contributed by atoms with E-state index in [9.17, 15) is 4.79 Å². The predicted molar refractivity (Wildman–Crippen MR) is 98.0 cm³/mol. The first kappa shape index (κ1) is 16.8. The molecule has 1 spiro atoms. The van der Waals surface area contributed by atoms with Crippen LogP contribution in [0, 0.1) is 0 Å². The van der Waals surface area contributed by atoms with E-state index < -0.39 is 0 Å². The molecule has 2 aliphatic rings. The average Bonchev–Trinajstić information content (AvgIpc) is 2.58. The molecule has 1 saturated heterocycles. The van der Waals surface area contributed by atoms with Crippen LogP contribution >= 0.6 is 11.6 Å². The number of halogens is 1. The summed E-state index contributed by atoms with van der Waals surface area (Å²) in [7, 11) is 0. The Kier molecular flexibility index (Phi) is 4.40. The molecule has 0 atom stereocenters. The maximum atomic E-state index is 12.3. The first-order valence-corrected chi connectivity index (χ1v) is 9.13. The molecular formula is C19H22ClN3O2. The molecule has 2 aromatic heterocycles. The minimum Gasteiger partial charge on any atom is -0.370 e. The summed E-state index contributed by atoms with van der Waals surface area (Å²) in [5, 5.41) is 0.529. The van der Waals surface area contributed by atoms with Gasteiger partial charge < -0.3 is 4.74 Å². The quantitative estimate of drug-likeness (QED) is 0.773. The SMILES string of the molecule is CC1=CC2(CCN(Cc3cc(=O)n4cc(Cl)ccc4n3)CC2)OCC1. The fourth-order valence-electron chi connectivity index (χ4n) is 3.79. The molecule has 0 radical (unpaired) electrons. The summed E-state index contributed by atoms with van der Waals surface area (Å²) >= 11 is 5.95. The van der Waals surface area contributed by atoms with Crippen LogP contribution in [0.25, 0.3) is 5.65 Å². The minimum atomic E-state index is -0.0925. The molecule has 0 aromatic carbocycles. The van der Waals surface area contributed by atoms with Crippen LogP contribution in [0.15, 0.2) is 40.8 Å². The zero-order valence-electron chi connectivity index (χ0n) is 14.4. The van der Waals surface area contributed by atoms with Gasteiger partial charge in [-0.25, -0.2) is 4.98 Å². The van der Waals surface area contributed by atoms with Crippen LogP contribution in [0.2, 0.25) is 5.02 Å². The summed E-state index contributed by atoms with van der Waals surface area (Å²) in [5.41, 5.74) is 2.70. The first-order chi connectivity index (χ1) is 12.0. The van der Waals surface area contributed by atoms with Gasteiger partial charge in [-0.05, 0) is 38.3 Å². The van der Waals surface area contributed by atoms with Crippen molar-refractivity contribution in [3.63, 3.8) is 0 Å². The van der Waals surface area contributed by atoms with Crippen molar-refractivity contribution in [3.05, 3.63) is 57.1 Å². The van der Waals surface area contributed by atoms with Gasteiger partial charge in [0, 0.05) is 31.9 Å². The molecule has 5 nitrogen and oxygen atoms in total. The highest BCUT2D eigenvalue weighted by molar-refractivity contribution is 6.30. The highest BCUT2D eigenvalue weighted by atomic mass is 35.5. The van der Waals surface area contributed by atoms with Gasteiger partial charge >= 0.3 is 0 Å². The van der Waals surface area contributed by atoms with Gasteiger partial charge in [-0.3, -0.25) is 14.1 Å². The Morgan fingerprint density at radius 1 is 1.32 bits per heavy atom. The molecule has 25 heavy (non-hydrogen) atoms. The lowest BCUT2D eigenvalue weighted by atomic mass is 9.87. The van der Waals surface area contributed by atoms with E-state index in [4.69, 9.17) is 16.3 Å². The van der Waals surface area contributed by atoms with Crippen molar-refractivity contribution in [2.45, 2.75) is 38.3 Å². The van der Waals surface area contributed by atoms with Crippen LogP contribution in [-0.4, -0.2) is 39.6 Å². The van der Waals surface area contributed by atoms with Crippen LogP contribution in [0.3, 0.4) is 0 Å². The zero-order chi connectivity index (χ0) is 17.4. The number of aromatic nitrogens is 2. The van der Waals surface area contributed by atoms with Crippen LogP contribution in [0.4, 0.5) is 0 Å². The van der Waals surface area contributed by atoms with Crippen LogP contribution in [0.5, 0.6) is 0 Å². The Morgan fingerprint density at radius 2 is 2.12 bits per heavy atom. The standard InChI is InChI=1S/C19H22ClN3O2/c1-14-4-9-25-19(11-14)5-7-22(8-6-19)13-16-10-18(24)23-12-15(20)2-3-17(23)21-16/h2-3,10-12H,4-9,13H2,1H3. The normalized spacial score (nSPS) is 20.8. The van der Waals surface area contributed by atoms with E-state index in [-0.39, 0.29) is 11.2 Å². The van der Waals surface area contributed by atoms with Crippen molar-refractivity contribution in [2.24, 2.45) is 0 Å². The molecule has 0 N–H and O–H groups in total. The Bertz CT molecular complexity index is 882. The van der Waals surface area contributed by atoms with E-state index in [1.807, 2.05) is 0 Å². The molecule has 4 heterocycles. The monoisotopic (exact) mass is 359 g/mol. The van der Waals surface area contributed by atoms with Gasteiger partial charge in [0.05, 0.1) is 22.9 Å². The van der Waals surface area contributed by atoms with Gasteiger partial charge in [0.2, 0.25) is 0 Å². The maximum absolute atomic E-state index is 12.3. The highest BCUT2D eigenvalue weighted by Crippen LogP contribution is 2.33. The number of nitrogens with zero attached hydrogens (tertiary/aromatic N) is 3. The zero-order valence-corrected chi connectivity index (χ0v) is 15.1. The van der Waals surface area contributed by atoms with Gasteiger partial charge in [0.15, 0.2) is 0 Å². The van der Waals surface area contributed by atoms with Crippen LogP contribution in [-0.2, 0) is 11.3 Å². The van der Waals surface area contributed by atoms with E-state index in [2.05, 4.69) is 22.9 Å². The minimum absolute atomic E-state index is 0.0774. The van der Waals surface area contributed by atoms with Gasteiger partial charge in [-0.15, -0.1) is 0 Å². The van der Waals surface area contributed by atoms with Gasteiger partial charge in [0.25, 0.3) is 5.56 Å². The Hall–Kier alpha value is -1.69. The number of piperidine rings is 1. The molecule has 0 bridgehead atoms. The van der Waals surface area contributed by atoms with E-state index in [0.717, 1.165) is 44.7 Å². The maximum Gasteiger partial charge on any atom is 0.258 e. The summed E-state index contributed by atoms with van der Waals surface area (Å²) in [6, 6.07) is 5.14. The molecule has 0 saturated carbocycles. The van der Waals surface area contributed by atoms with Gasteiger partial charge in [-0.2, -0.15) is 0 Å². The molecule has 6 heteroatoms. The third-order valence-corrected chi connectivity index (χ3v) is 5.38. The van der Waals surface area contributed by atoms with Crippen molar-refractivity contribution in [1.29, 1.82) is 0 Å². The lowest BCUT2D eigenvalue weighted by molar-refractivity contribution is -0.0578. The topological polar surface area (TPSA) is 46.8 Å². The Morgan fingerprint density at radius 3 is 2.88 bits per heavy atom. The van der Waals surface area contributed by atoms with E-state index in [1.165, 1.54) is 9.97 Å². The van der Waals surface area contributed by atoms with E-state index >= 15 is 0 Å². The number of pyridine rings is 1.